The molecular weight excluding hydrogens is 235 g/mol. The molecule has 0 aromatic carbocycles. The van der Waals surface area contributed by atoms with Crippen molar-refractivity contribution in [1.82, 2.24) is 0 Å². The minimum absolute atomic E-state index is 0. The molecule has 0 aromatic heterocycles. The molecule has 0 unspecified atom stereocenters. The number of hydrogen-bond donors (Lipinski definition) is 0. The van der Waals surface area contributed by atoms with Gasteiger partial charge < -0.3 is 23.4 Å². The first-order chi connectivity index (χ1) is 3.91. The van der Waals surface area contributed by atoms with Crippen LogP contribution in [0.25, 0.3) is 0 Å². The number of rotatable bonds is 5. The Morgan fingerprint density at radius 1 is 0.833 bits per heavy atom. The van der Waals surface area contributed by atoms with Gasteiger partial charge in [-0.15, -0.1) is 0 Å². The molecule has 0 bridgehead atoms. The fourth-order valence-electron chi connectivity index (χ4n) is 0.780. The van der Waals surface area contributed by atoms with E-state index < -0.39 is 0 Å². The summed E-state index contributed by atoms with van der Waals surface area (Å²) in [5.41, 5.74) is 0. The van der Waals surface area contributed by atoms with E-state index in [2.05, 4.69) is 13.8 Å². The van der Waals surface area contributed by atoms with Crippen LogP contribution in [0, 0.1) is 6.92 Å². The Morgan fingerprint density at radius 3 is 1.58 bits per heavy atom. The summed E-state index contributed by atoms with van der Waals surface area (Å²) < 4.78 is 0. The molecule has 0 atom stereocenters. The topological polar surface area (TPSA) is 90.0 Å². The van der Waals surface area contributed by atoms with Crippen LogP contribution in [0.3, 0.4) is 0 Å². The number of hydrogen-bond acceptors (Lipinski definition) is 3. The first-order valence-electron chi connectivity index (χ1n) is 3.71. The minimum Gasteiger partial charge on any atom is -0.870 e. The first kappa shape index (κ1) is 29.3. The predicted octanol–water partition coefficient (Wildman–Crippen LogP) is 2.65. The van der Waals surface area contributed by atoms with E-state index in [-0.39, 0.29) is 42.6 Å². The Labute approximate surface area is 95.0 Å². The van der Waals surface area contributed by atoms with Gasteiger partial charge >= 0.3 is 26.2 Å². The summed E-state index contributed by atoms with van der Waals surface area (Å²) in [6.45, 7) is 6.02. The van der Waals surface area contributed by atoms with Gasteiger partial charge in [-0.25, -0.2) is 0 Å². The van der Waals surface area contributed by atoms with Crippen molar-refractivity contribution in [3.05, 3.63) is 6.92 Å². The molecule has 0 aliphatic heterocycles. The minimum atomic E-state index is 0. The summed E-state index contributed by atoms with van der Waals surface area (Å²) in [6, 6.07) is 0. The average molecular weight is 255 g/mol. The molecule has 0 spiro atoms. The number of unbranched alkanes of at least 4 members (excludes halogenated alkanes) is 5. The van der Waals surface area contributed by atoms with Crippen molar-refractivity contribution in [2.24, 2.45) is 0 Å². The van der Waals surface area contributed by atoms with E-state index >= 15 is 0 Å². The molecule has 0 aliphatic carbocycles. The Hall–Kier alpha value is 0.763. The van der Waals surface area contributed by atoms with Crippen LogP contribution < -0.4 is 0 Å². The second-order valence-corrected chi connectivity index (χ2v) is 2.27. The van der Waals surface area contributed by atoms with Crippen LogP contribution in [0.2, 0.25) is 0 Å². The molecule has 0 aliphatic rings. The van der Waals surface area contributed by atoms with Crippen LogP contribution in [0.4, 0.5) is 0 Å². The first-order valence-corrected chi connectivity index (χ1v) is 3.71. The third-order valence-corrected chi connectivity index (χ3v) is 1.35. The molecule has 0 heterocycles. The summed E-state index contributed by atoms with van der Waals surface area (Å²) in [7, 11) is 0. The molecule has 0 rings (SSSR count). The van der Waals surface area contributed by atoms with Gasteiger partial charge in [-0.05, 0) is 0 Å². The van der Waals surface area contributed by atoms with Crippen molar-refractivity contribution in [2.75, 3.05) is 0 Å². The molecule has 12 heavy (non-hydrogen) atoms. The molecule has 0 amide bonds. The van der Waals surface area contributed by atoms with Crippen LogP contribution >= 0.6 is 0 Å². The molecular formula is C8H20O3Zr. The van der Waals surface area contributed by atoms with Gasteiger partial charge in [-0.2, -0.15) is 6.42 Å². The van der Waals surface area contributed by atoms with E-state index in [0.29, 0.717) is 0 Å². The fourth-order valence-corrected chi connectivity index (χ4v) is 0.780. The maximum absolute atomic E-state index is 3.78. The van der Waals surface area contributed by atoms with Gasteiger partial charge in [0.2, 0.25) is 0 Å². The van der Waals surface area contributed by atoms with Crippen LogP contribution in [0.1, 0.15) is 45.4 Å². The zero-order valence-corrected chi connectivity index (χ0v) is 10.2. The van der Waals surface area contributed by atoms with Gasteiger partial charge in [0.15, 0.2) is 0 Å². The predicted molar refractivity (Wildman–Crippen MR) is 44.5 cm³/mol. The van der Waals surface area contributed by atoms with Crippen molar-refractivity contribution in [3.63, 3.8) is 0 Å². The Balaban J connectivity index is -0.0000000408. The van der Waals surface area contributed by atoms with E-state index in [1.165, 1.54) is 32.1 Å². The molecule has 4 heteroatoms. The third kappa shape index (κ3) is 30.9. The molecule has 74 valence electrons. The Morgan fingerprint density at radius 2 is 1.25 bits per heavy atom. The molecule has 0 saturated carbocycles. The Bertz CT molecular complexity index is 39.3. The van der Waals surface area contributed by atoms with Crippen molar-refractivity contribution < 1.29 is 42.6 Å². The standard InChI is InChI=1S/C8H17.3H2O.Zr/c1-3-5-7-8-6-4-2;;;;/h1,3-8H2,2H3;3*1H2;/q-1;;;;+4/p-3. The molecule has 3 N–H and O–H groups in total. The zero-order chi connectivity index (χ0) is 6.24. The zero-order valence-electron chi connectivity index (χ0n) is 7.79. The fraction of sp³-hybridized carbons (Fsp3) is 0.875. The largest absolute Gasteiger partial charge is 4.00 e. The normalized spacial score (nSPS) is 6.50. The van der Waals surface area contributed by atoms with E-state index in [4.69, 9.17) is 0 Å². The Kier molecular flexibility index (Phi) is 72.8. The maximum atomic E-state index is 3.78. The van der Waals surface area contributed by atoms with E-state index in [0.717, 1.165) is 6.42 Å². The molecule has 0 fully saturated rings. The van der Waals surface area contributed by atoms with Crippen LogP contribution in [-0.2, 0) is 26.2 Å². The molecule has 0 aromatic rings. The monoisotopic (exact) mass is 254 g/mol. The SMILES string of the molecule is [CH2-]CCCCCCC.[OH-].[OH-].[OH-].[Zr+4]. The summed E-state index contributed by atoms with van der Waals surface area (Å²) in [6.07, 6.45) is 7.98. The van der Waals surface area contributed by atoms with Gasteiger partial charge in [-0.3, -0.25) is 0 Å². The van der Waals surface area contributed by atoms with Crippen LogP contribution in [0.5, 0.6) is 0 Å². The van der Waals surface area contributed by atoms with E-state index in [1.54, 1.807) is 0 Å². The third-order valence-electron chi connectivity index (χ3n) is 1.35. The second kappa shape index (κ2) is 29.8. The van der Waals surface area contributed by atoms with Gasteiger partial charge in [0, 0.05) is 0 Å². The van der Waals surface area contributed by atoms with E-state index in [1.807, 2.05) is 0 Å². The van der Waals surface area contributed by atoms with E-state index in [9.17, 15) is 0 Å². The summed E-state index contributed by atoms with van der Waals surface area (Å²) in [5.74, 6) is 0. The average Bonchev–Trinajstić information content (AvgIpc) is 1.81. The molecule has 3 nitrogen and oxygen atoms in total. The summed E-state index contributed by atoms with van der Waals surface area (Å²) in [5, 5.41) is 0. The van der Waals surface area contributed by atoms with Crippen molar-refractivity contribution in [3.8, 4) is 0 Å². The second-order valence-electron chi connectivity index (χ2n) is 2.27. The molecule has 0 radical (unpaired) electrons. The quantitative estimate of drug-likeness (QED) is 0.558. The van der Waals surface area contributed by atoms with Crippen molar-refractivity contribution in [2.45, 2.75) is 45.4 Å². The molecule has 0 saturated heterocycles. The van der Waals surface area contributed by atoms with Gasteiger partial charge in [-0.1, -0.05) is 39.0 Å². The summed E-state index contributed by atoms with van der Waals surface area (Å²) in [4.78, 5) is 0. The maximum Gasteiger partial charge on any atom is 4.00 e. The smallest absolute Gasteiger partial charge is 0.870 e. The van der Waals surface area contributed by atoms with Crippen molar-refractivity contribution >= 4 is 0 Å². The van der Waals surface area contributed by atoms with Gasteiger partial charge in [0.1, 0.15) is 0 Å². The van der Waals surface area contributed by atoms with Gasteiger partial charge in [0.25, 0.3) is 0 Å². The van der Waals surface area contributed by atoms with Crippen LogP contribution in [-0.4, -0.2) is 16.4 Å². The summed E-state index contributed by atoms with van der Waals surface area (Å²) >= 11 is 0. The van der Waals surface area contributed by atoms with Gasteiger partial charge in [0.05, 0.1) is 0 Å². The van der Waals surface area contributed by atoms with Crippen LogP contribution in [0.15, 0.2) is 0 Å². The van der Waals surface area contributed by atoms with Crippen molar-refractivity contribution in [1.29, 1.82) is 0 Å².